The molecule has 14 heavy (non-hydrogen) atoms. The molecule has 0 aromatic heterocycles. The van der Waals surface area contributed by atoms with Crippen molar-refractivity contribution in [2.24, 2.45) is 0 Å². The summed E-state index contributed by atoms with van der Waals surface area (Å²) in [5.74, 6) is 0. The molecule has 0 spiro atoms. The molecule has 2 nitrogen and oxygen atoms in total. The summed E-state index contributed by atoms with van der Waals surface area (Å²) >= 11 is 0. The zero-order chi connectivity index (χ0) is 11.0. The predicted octanol–water partition coefficient (Wildman–Crippen LogP) is 3.90. The summed E-state index contributed by atoms with van der Waals surface area (Å²) in [5, 5.41) is 0. The zero-order valence-corrected chi connectivity index (χ0v) is 11.2. The lowest BCUT2D eigenvalue weighted by atomic mass is 10.2. The SMILES string of the molecule is CCCCC=COC(C)O[Si](C)(C)C. The molecule has 0 heterocycles. The molecule has 0 aliphatic rings. The van der Waals surface area contributed by atoms with E-state index in [0.717, 1.165) is 6.42 Å². The van der Waals surface area contributed by atoms with Crippen molar-refractivity contribution in [1.29, 1.82) is 0 Å². The molecule has 0 amide bonds. The summed E-state index contributed by atoms with van der Waals surface area (Å²) in [6.45, 7) is 10.6. The second-order valence-electron chi connectivity index (χ2n) is 4.45. The van der Waals surface area contributed by atoms with Crippen LogP contribution in [0.3, 0.4) is 0 Å². The van der Waals surface area contributed by atoms with Gasteiger partial charge in [-0.05, 0) is 45.5 Å². The molecule has 0 aromatic rings. The highest BCUT2D eigenvalue weighted by atomic mass is 28.4. The van der Waals surface area contributed by atoms with E-state index in [2.05, 4.69) is 32.6 Å². The fourth-order valence-electron chi connectivity index (χ4n) is 1.08. The molecule has 84 valence electrons. The highest BCUT2D eigenvalue weighted by molar-refractivity contribution is 6.69. The summed E-state index contributed by atoms with van der Waals surface area (Å²) in [4.78, 5) is 0. The van der Waals surface area contributed by atoms with Gasteiger partial charge in [-0.2, -0.15) is 0 Å². The molecule has 0 saturated heterocycles. The van der Waals surface area contributed by atoms with Gasteiger partial charge in [0.1, 0.15) is 0 Å². The van der Waals surface area contributed by atoms with Crippen molar-refractivity contribution >= 4 is 8.32 Å². The highest BCUT2D eigenvalue weighted by Gasteiger charge is 2.17. The molecule has 0 bridgehead atoms. The standard InChI is InChI=1S/C11H24O2Si/c1-6-7-8-9-10-12-11(2)13-14(3,4)5/h9-11H,6-8H2,1-5H3. The smallest absolute Gasteiger partial charge is 0.188 e. The third kappa shape index (κ3) is 9.80. The van der Waals surface area contributed by atoms with Crippen molar-refractivity contribution in [2.45, 2.75) is 59.0 Å². The lowest BCUT2D eigenvalue weighted by Crippen LogP contribution is -2.31. The molecule has 1 atom stereocenters. The topological polar surface area (TPSA) is 18.5 Å². The Hall–Kier alpha value is -0.283. The monoisotopic (exact) mass is 216 g/mol. The Balaban J connectivity index is 3.53. The molecule has 0 fully saturated rings. The Morgan fingerprint density at radius 3 is 2.43 bits per heavy atom. The molecular formula is C11H24O2Si. The van der Waals surface area contributed by atoms with Crippen molar-refractivity contribution in [1.82, 2.24) is 0 Å². The maximum absolute atomic E-state index is 5.71. The number of hydrogen-bond acceptors (Lipinski definition) is 2. The summed E-state index contributed by atoms with van der Waals surface area (Å²) in [7, 11) is -1.45. The van der Waals surface area contributed by atoms with E-state index < -0.39 is 8.32 Å². The van der Waals surface area contributed by atoms with Crippen LogP contribution in [0.1, 0.15) is 33.1 Å². The van der Waals surface area contributed by atoms with Crippen LogP contribution in [0.2, 0.25) is 19.6 Å². The summed E-state index contributed by atoms with van der Waals surface area (Å²) in [6.07, 6.45) is 7.26. The van der Waals surface area contributed by atoms with Crippen molar-refractivity contribution in [3.05, 3.63) is 12.3 Å². The van der Waals surface area contributed by atoms with Crippen LogP contribution in [0.15, 0.2) is 12.3 Å². The van der Waals surface area contributed by atoms with E-state index in [9.17, 15) is 0 Å². The summed E-state index contributed by atoms with van der Waals surface area (Å²) in [5.41, 5.74) is 0. The lowest BCUT2D eigenvalue weighted by molar-refractivity contribution is -0.0201. The number of ether oxygens (including phenoxy) is 1. The van der Waals surface area contributed by atoms with Crippen LogP contribution in [-0.2, 0) is 9.16 Å². The van der Waals surface area contributed by atoms with E-state index in [1.807, 2.05) is 6.92 Å². The minimum absolute atomic E-state index is 0.112. The van der Waals surface area contributed by atoms with Gasteiger partial charge >= 0.3 is 0 Å². The number of hydrogen-bond donors (Lipinski definition) is 0. The van der Waals surface area contributed by atoms with Gasteiger partial charge in [-0.1, -0.05) is 13.3 Å². The highest BCUT2D eigenvalue weighted by Crippen LogP contribution is 2.08. The van der Waals surface area contributed by atoms with Gasteiger partial charge in [0.15, 0.2) is 14.6 Å². The first-order valence-corrected chi connectivity index (χ1v) is 8.85. The number of allylic oxidation sites excluding steroid dienone is 1. The van der Waals surface area contributed by atoms with Crippen LogP contribution in [0.5, 0.6) is 0 Å². The van der Waals surface area contributed by atoms with Crippen molar-refractivity contribution in [2.75, 3.05) is 0 Å². The van der Waals surface area contributed by atoms with Gasteiger partial charge in [0, 0.05) is 0 Å². The Kier molecular flexibility index (Phi) is 6.92. The van der Waals surface area contributed by atoms with Crippen LogP contribution in [0.4, 0.5) is 0 Å². The largest absolute Gasteiger partial charge is 0.474 e. The van der Waals surface area contributed by atoms with Crippen molar-refractivity contribution in [3.63, 3.8) is 0 Å². The first kappa shape index (κ1) is 13.7. The Labute approximate surface area is 89.4 Å². The van der Waals surface area contributed by atoms with Crippen LogP contribution in [0.25, 0.3) is 0 Å². The van der Waals surface area contributed by atoms with Crippen LogP contribution in [-0.4, -0.2) is 14.6 Å². The Bertz CT molecular complexity index is 161. The fourth-order valence-corrected chi connectivity index (χ4v) is 2.13. The molecule has 0 rings (SSSR count). The average molecular weight is 216 g/mol. The van der Waals surface area contributed by atoms with Crippen molar-refractivity contribution in [3.8, 4) is 0 Å². The molecule has 0 N–H and O–H groups in total. The fraction of sp³-hybridized carbons (Fsp3) is 0.818. The first-order chi connectivity index (χ1) is 6.45. The van der Waals surface area contributed by atoms with Gasteiger partial charge in [0.05, 0.1) is 6.26 Å². The maximum Gasteiger partial charge on any atom is 0.188 e. The molecule has 1 unspecified atom stereocenters. The van der Waals surface area contributed by atoms with Crippen LogP contribution < -0.4 is 0 Å². The first-order valence-electron chi connectivity index (χ1n) is 5.44. The molecule has 0 radical (unpaired) electrons. The zero-order valence-electron chi connectivity index (χ0n) is 10.2. The minimum atomic E-state index is -1.45. The number of unbranched alkanes of at least 4 members (excludes halogenated alkanes) is 2. The van der Waals surface area contributed by atoms with Crippen molar-refractivity contribution < 1.29 is 9.16 Å². The Morgan fingerprint density at radius 1 is 1.29 bits per heavy atom. The lowest BCUT2D eigenvalue weighted by Gasteiger charge is -2.22. The molecule has 0 aliphatic heterocycles. The minimum Gasteiger partial charge on any atom is -0.474 e. The third-order valence-corrected chi connectivity index (χ3v) is 2.65. The van der Waals surface area contributed by atoms with E-state index in [-0.39, 0.29) is 6.29 Å². The average Bonchev–Trinajstić information content (AvgIpc) is 2.00. The third-order valence-electron chi connectivity index (χ3n) is 1.61. The van der Waals surface area contributed by atoms with Gasteiger partial charge in [-0.3, -0.25) is 0 Å². The van der Waals surface area contributed by atoms with Gasteiger partial charge < -0.3 is 9.16 Å². The van der Waals surface area contributed by atoms with E-state index in [1.54, 1.807) is 6.26 Å². The van der Waals surface area contributed by atoms with Gasteiger partial charge in [-0.25, -0.2) is 0 Å². The van der Waals surface area contributed by atoms with Gasteiger partial charge in [0.25, 0.3) is 0 Å². The van der Waals surface area contributed by atoms with E-state index in [0.29, 0.717) is 0 Å². The van der Waals surface area contributed by atoms with E-state index in [1.165, 1.54) is 12.8 Å². The van der Waals surface area contributed by atoms with E-state index in [4.69, 9.17) is 9.16 Å². The molecule has 0 aromatic carbocycles. The second kappa shape index (κ2) is 7.07. The second-order valence-corrected chi connectivity index (χ2v) is 8.91. The predicted molar refractivity (Wildman–Crippen MR) is 63.6 cm³/mol. The van der Waals surface area contributed by atoms with E-state index >= 15 is 0 Å². The molecule has 0 saturated carbocycles. The Morgan fingerprint density at radius 2 is 1.93 bits per heavy atom. The van der Waals surface area contributed by atoms with Gasteiger partial charge in [0.2, 0.25) is 0 Å². The van der Waals surface area contributed by atoms with Crippen LogP contribution in [0, 0.1) is 0 Å². The quantitative estimate of drug-likeness (QED) is 0.278. The normalized spacial score (nSPS) is 14.6. The van der Waals surface area contributed by atoms with Crippen LogP contribution >= 0.6 is 0 Å². The van der Waals surface area contributed by atoms with Gasteiger partial charge in [-0.15, -0.1) is 0 Å². The summed E-state index contributed by atoms with van der Waals surface area (Å²) in [6, 6.07) is 0. The molecule has 3 heteroatoms. The number of rotatable bonds is 7. The molecular weight excluding hydrogens is 192 g/mol. The molecule has 0 aliphatic carbocycles. The maximum atomic E-state index is 5.71. The summed E-state index contributed by atoms with van der Waals surface area (Å²) < 4.78 is 11.1.